The third-order valence-corrected chi connectivity index (χ3v) is 6.16. The van der Waals surface area contributed by atoms with Crippen LogP contribution in [-0.2, 0) is 26.3 Å². The first-order chi connectivity index (χ1) is 13.8. The van der Waals surface area contributed by atoms with Gasteiger partial charge in [0, 0.05) is 54.2 Å². The van der Waals surface area contributed by atoms with Crippen LogP contribution < -0.4 is 10.1 Å². The summed E-state index contributed by atoms with van der Waals surface area (Å²) in [5.41, 5.74) is 2.19. The van der Waals surface area contributed by atoms with E-state index in [1.165, 1.54) is 11.1 Å². The molecule has 2 fully saturated rings. The first-order valence-corrected chi connectivity index (χ1v) is 10.3. The van der Waals surface area contributed by atoms with Gasteiger partial charge in [0.15, 0.2) is 0 Å². The number of nitrogens with one attached hydrogen (secondary N) is 1. The van der Waals surface area contributed by atoms with Crippen molar-refractivity contribution in [2.24, 2.45) is 0 Å². The molecule has 0 aromatic heterocycles. The van der Waals surface area contributed by atoms with Gasteiger partial charge in [-0.05, 0) is 25.0 Å². The van der Waals surface area contributed by atoms with Gasteiger partial charge in [0.1, 0.15) is 5.75 Å². The van der Waals surface area contributed by atoms with Gasteiger partial charge in [-0.3, -0.25) is 14.5 Å². The maximum atomic E-state index is 11.6. The molecular weight excluding hydrogens is 396 g/mol. The predicted molar refractivity (Wildman–Crippen MR) is 109 cm³/mol. The highest BCUT2D eigenvalue weighted by Gasteiger charge is 2.38. The fourth-order valence-electron chi connectivity index (χ4n) is 4.21. The van der Waals surface area contributed by atoms with E-state index in [-0.39, 0.29) is 23.4 Å². The van der Waals surface area contributed by atoms with Crippen LogP contribution in [0.3, 0.4) is 0 Å². The van der Waals surface area contributed by atoms with Gasteiger partial charge in [-0.15, -0.1) is 0 Å². The molecule has 1 spiro atoms. The second-order valence-electron chi connectivity index (χ2n) is 8.55. The molecule has 1 aromatic rings. The molecule has 0 atom stereocenters. The van der Waals surface area contributed by atoms with Crippen molar-refractivity contribution in [1.82, 2.24) is 10.2 Å². The molecule has 1 amide bonds. The van der Waals surface area contributed by atoms with Gasteiger partial charge in [-0.2, -0.15) is 0 Å². The molecular formula is C21H29ClN2O5. The molecule has 1 aromatic carbocycles. The highest BCUT2D eigenvalue weighted by molar-refractivity contribution is 6.30. The Kier molecular flexibility index (Phi) is 6.71. The van der Waals surface area contributed by atoms with Crippen molar-refractivity contribution in [2.45, 2.75) is 50.7 Å². The Hall–Kier alpha value is -1.83. The molecule has 7 nitrogen and oxygen atoms in total. The summed E-state index contributed by atoms with van der Waals surface area (Å²) in [5.74, 6) is 1.11. The van der Waals surface area contributed by atoms with Crippen LogP contribution >= 0.6 is 11.6 Å². The second-order valence-corrected chi connectivity index (χ2v) is 8.99. The molecule has 0 aliphatic carbocycles. The van der Waals surface area contributed by atoms with Crippen molar-refractivity contribution in [3.8, 4) is 5.75 Å². The lowest BCUT2D eigenvalue weighted by molar-refractivity contribution is -0.123. The predicted octanol–water partition coefficient (Wildman–Crippen LogP) is 2.58. The summed E-state index contributed by atoms with van der Waals surface area (Å²) in [6.45, 7) is 8.72. The highest BCUT2D eigenvalue weighted by atomic mass is 35.5. The first-order valence-electron chi connectivity index (χ1n) is 9.95. The summed E-state index contributed by atoms with van der Waals surface area (Å²) in [6, 6.07) is 4.08. The van der Waals surface area contributed by atoms with Crippen molar-refractivity contribution in [2.75, 3.05) is 32.8 Å². The van der Waals surface area contributed by atoms with Crippen LogP contribution in [0.25, 0.3) is 0 Å². The Bertz CT molecular complexity index is 760. The number of rotatable bonds is 2. The molecule has 3 aliphatic heterocycles. The fourth-order valence-corrected chi connectivity index (χ4v) is 4.45. The number of amides is 1. The standard InChI is InChI=1S/C20H27ClN2O3.CH2O2/c1-19(2)13-25-18-14(9-15(21)10-16(18)19)11-23-6-4-20(5-7-23)12-22-17(24)3-8-26-20;2-1-3/h9-10H,3-8,11-13H2,1-2H3,(H,22,24);1H,(H,2,3). The van der Waals surface area contributed by atoms with Crippen LogP contribution in [0.4, 0.5) is 0 Å². The molecule has 0 unspecified atom stereocenters. The Morgan fingerprint density at radius 2 is 2.00 bits per heavy atom. The molecule has 4 rings (SSSR count). The lowest BCUT2D eigenvalue weighted by Gasteiger charge is -2.40. The zero-order chi connectivity index (χ0) is 21.1. The summed E-state index contributed by atoms with van der Waals surface area (Å²) in [7, 11) is 0. The number of hydrogen-bond donors (Lipinski definition) is 2. The van der Waals surface area contributed by atoms with E-state index in [1.807, 2.05) is 12.1 Å². The summed E-state index contributed by atoms with van der Waals surface area (Å²) in [6.07, 6.45) is 2.33. The number of piperidine rings is 1. The molecule has 3 heterocycles. The van der Waals surface area contributed by atoms with Gasteiger partial charge in [-0.1, -0.05) is 25.4 Å². The minimum Gasteiger partial charge on any atom is -0.492 e. The average Bonchev–Trinajstić information content (AvgIpc) is 2.86. The van der Waals surface area contributed by atoms with Gasteiger partial charge in [0.25, 0.3) is 6.47 Å². The third kappa shape index (κ3) is 5.02. The molecule has 8 heteroatoms. The van der Waals surface area contributed by atoms with Crippen molar-refractivity contribution < 1.29 is 24.2 Å². The van der Waals surface area contributed by atoms with E-state index in [4.69, 9.17) is 31.0 Å². The van der Waals surface area contributed by atoms with Gasteiger partial charge in [0.2, 0.25) is 5.91 Å². The van der Waals surface area contributed by atoms with Crippen LogP contribution in [0.2, 0.25) is 5.02 Å². The van der Waals surface area contributed by atoms with Gasteiger partial charge >= 0.3 is 0 Å². The van der Waals surface area contributed by atoms with Crippen molar-refractivity contribution >= 4 is 24.0 Å². The molecule has 3 aliphatic rings. The minimum absolute atomic E-state index is 0.00728. The maximum absolute atomic E-state index is 11.6. The molecule has 0 bridgehead atoms. The smallest absolute Gasteiger partial charge is 0.290 e. The number of benzene rings is 1. The summed E-state index contributed by atoms with van der Waals surface area (Å²) >= 11 is 6.39. The Balaban J connectivity index is 0.000000755. The number of likely N-dealkylation sites (tertiary alicyclic amines) is 1. The maximum Gasteiger partial charge on any atom is 0.290 e. The Morgan fingerprint density at radius 1 is 1.31 bits per heavy atom. The summed E-state index contributed by atoms with van der Waals surface area (Å²) < 4.78 is 12.1. The number of hydrogen-bond acceptors (Lipinski definition) is 5. The Morgan fingerprint density at radius 3 is 2.69 bits per heavy atom. The molecule has 29 heavy (non-hydrogen) atoms. The Labute approximate surface area is 176 Å². The minimum atomic E-state index is -0.250. The normalized spacial score (nSPS) is 22.5. The van der Waals surface area contributed by atoms with E-state index < -0.39 is 0 Å². The number of nitrogens with zero attached hydrogens (tertiary/aromatic N) is 1. The van der Waals surface area contributed by atoms with Crippen LogP contribution in [0.1, 0.15) is 44.2 Å². The van der Waals surface area contributed by atoms with Crippen LogP contribution in [-0.4, -0.2) is 60.8 Å². The van der Waals surface area contributed by atoms with Gasteiger partial charge < -0.3 is 19.9 Å². The zero-order valence-electron chi connectivity index (χ0n) is 17.0. The van der Waals surface area contributed by atoms with E-state index in [9.17, 15) is 4.79 Å². The lowest BCUT2D eigenvalue weighted by Crippen LogP contribution is -2.50. The molecule has 0 radical (unpaired) electrons. The number of carbonyl (C=O) groups is 2. The number of halogens is 1. The van der Waals surface area contributed by atoms with E-state index in [0.29, 0.717) is 26.2 Å². The SMILES string of the molecule is CC1(C)COc2c(CN3CCC4(CC3)CNC(=O)CCO4)cc(Cl)cc21.O=CO. The number of ether oxygens (including phenoxy) is 2. The fraction of sp³-hybridized carbons (Fsp3) is 0.619. The summed E-state index contributed by atoms with van der Waals surface area (Å²) in [4.78, 5) is 22.4. The van der Waals surface area contributed by atoms with E-state index in [0.717, 1.165) is 43.2 Å². The van der Waals surface area contributed by atoms with Crippen LogP contribution in [0.15, 0.2) is 12.1 Å². The lowest BCUT2D eigenvalue weighted by atomic mass is 9.86. The van der Waals surface area contributed by atoms with E-state index >= 15 is 0 Å². The first kappa shape index (κ1) is 21.9. The number of fused-ring (bicyclic) bond motifs is 1. The molecule has 160 valence electrons. The van der Waals surface area contributed by atoms with Crippen molar-refractivity contribution in [3.63, 3.8) is 0 Å². The molecule has 2 N–H and O–H groups in total. The van der Waals surface area contributed by atoms with Gasteiger partial charge in [0.05, 0.1) is 18.8 Å². The van der Waals surface area contributed by atoms with Crippen LogP contribution in [0, 0.1) is 0 Å². The zero-order valence-corrected chi connectivity index (χ0v) is 17.8. The third-order valence-electron chi connectivity index (χ3n) is 5.94. The van der Waals surface area contributed by atoms with Gasteiger partial charge in [-0.25, -0.2) is 0 Å². The number of carboxylic acid groups (broad SMARTS) is 1. The monoisotopic (exact) mass is 424 g/mol. The largest absolute Gasteiger partial charge is 0.492 e. The average molecular weight is 425 g/mol. The quantitative estimate of drug-likeness (QED) is 0.709. The molecule has 2 saturated heterocycles. The van der Waals surface area contributed by atoms with E-state index in [1.54, 1.807) is 0 Å². The van der Waals surface area contributed by atoms with Crippen LogP contribution in [0.5, 0.6) is 5.75 Å². The van der Waals surface area contributed by atoms with E-state index in [2.05, 4.69) is 24.1 Å². The van der Waals surface area contributed by atoms with Crippen molar-refractivity contribution in [1.29, 1.82) is 0 Å². The summed E-state index contributed by atoms with van der Waals surface area (Å²) in [5, 5.41) is 10.7. The number of carbonyl (C=O) groups excluding carboxylic acids is 1. The highest BCUT2D eigenvalue weighted by Crippen LogP contribution is 2.43. The molecule has 0 saturated carbocycles. The van der Waals surface area contributed by atoms with Crippen molar-refractivity contribution in [3.05, 3.63) is 28.3 Å². The topological polar surface area (TPSA) is 88.1 Å². The second kappa shape index (κ2) is 8.90.